The maximum absolute atomic E-state index is 12.8. The molecular formula is C13H20FIN2O2S. The van der Waals surface area contributed by atoms with Crippen molar-refractivity contribution in [1.29, 1.82) is 0 Å². The molecule has 1 rings (SSSR count). The standard InChI is InChI=1S/C13H19FN2O2S.HI/c1-17-12(18-2)9-16-13(19-3)15-8-10-4-6-11(14)7-5-10;/h4-7,12H,8-9H2,1-3H3,(H,15,16);1H. The van der Waals surface area contributed by atoms with Gasteiger partial charge in [0, 0.05) is 14.2 Å². The Morgan fingerprint density at radius 1 is 1.30 bits per heavy atom. The topological polar surface area (TPSA) is 42.8 Å². The molecule has 0 spiro atoms. The highest BCUT2D eigenvalue weighted by molar-refractivity contribution is 14.0. The summed E-state index contributed by atoms with van der Waals surface area (Å²) in [5.74, 6) is -0.237. The minimum absolute atomic E-state index is 0. The number of nitrogens with zero attached hydrogens (tertiary/aromatic N) is 1. The van der Waals surface area contributed by atoms with Gasteiger partial charge in [0.05, 0.1) is 13.1 Å². The summed E-state index contributed by atoms with van der Waals surface area (Å²) in [6, 6.07) is 6.32. The minimum atomic E-state index is -0.303. The first-order valence-corrected chi connectivity index (χ1v) is 7.04. The van der Waals surface area contributed by atoms with Gasteiger partial charge in [0.1, 0.15) is 5.82 Å². The number of halogens is 2. The van der Waals surface area contributed by atoms with Crippen molar-refractivity contribution in [3.05, 3.63) is 35.6 Å². The molecule has 0 aliphatic heterocycles. The number of aliphatic imine (C=N–C) groups is 1. The molecule has 20 heavy (non-hydrogen) atoms. The second kappa shape index (κ2) is 11.3. The van der Waals surface area contributed by atoms with Crippen LogP contribution in [-0.4, -0.2) is 38.5 Å². The molecule has 0 radical (unpaired) electrons. The first-order valence-electron chi connectivity index (χ1n) is 5.82. The van der Waals surface area contributed by atoms with Crippen LogP contribution in [0.15, 0.2) is 29.3 Å². The predicted molar refractivity (Wildman–Crippen MR) is 92.3 cm³/mol. The number of hydrogen-bond donors (Lipinski definition) is 1. The molecule has 0 saturated heterocycles. The molecule has 0 bridgehead atoms. The highest BCUT2D eigenvalue weighted by Crippen LogP contribution is 2.06. The van der Waals surface area contributed by atoms with Crippen molar-refractivity contribution in [3.8, 4) is 0 Å². The number of rotatable bonds is 6. The van der Waals surface area contributed by atoms with Gasteiger partial charge in [-0.05, 0) is 24.0 Å². The van der Waals surface area contributed by atoms with Crippen molar-refractivity contribution in [3.63, 3.8) is 0 Å². The van der Waals surface area contributed by atoms with Crippen molar-refractivity contribution in [2.45, 2.75) is 12.8 Å². The number of ether oxygens (including phenoxy) is 2. The summed E-state index contributed by atoms with van der Waals surface area (Å²) < 4.78 is 22.9. The molecule has 0 saturated carbocycles. The third-order valence-electron chi connectivity index (χ3n) is 2.46. The molecule has 0 heterocycles. The molecule has 1 aromatic carbocycles. The van der Waals surface area contributed by atoms with Gasteiger partial charge in [-0.25, -0.2) is 4.39 Å². The van der Waals surface area contributed by atoms with E-state index in [0.29, 0.717) is 13.1 Å². The summed E-state index contributed by atoms with van der Waals surface area (Å²) in [6.45, 7) is 1.03. The fourth-order valence-electron chi connectivity index (χ4n) is 1.38. The van der Waals surface area contributed by atoms with Gasteiger partial charge in [-0.15, -0.1) is 24.0 Å². The van der Waals surface area contributed by atoms with Crippen LogP contribution in [0.1, 0.15) is 5.56 Å². The molecule has 7 heteroatoms. The number of thioether (sulfide) groups is 1. The van der Waals surface area contributed by atoms with Crippen LogP contribution in [0, 0.1) is 5.82 Å². The van der Waals surface area contributed by atoms with E-state index in [-0.39, 0.29) is 36.1 Å². The zero-order valence-electron chi connectivity index (χ0n) is 11.8. The fraction of sp³-hybridized carbons (Fsp3) is 0.462. The molecule has 114 valence electrons. The molecular weight excluding hydrogens is 394 g/mol. The molecule has 0 amide bonds. The average molecular weight is 414 g/mol. The van der Waals surface area contributed by atoms with Crippen LogP contribution in [0.25, 0.3) is 0 Å². The van der Waals surface area contributed by atoms with Gasteiger partial charge in [-0.2, -0.15) is 0 Å². The van der Waals surface area contributed by atoms with E-state index in [1.165, 1.54) is 23.9 Å². The lowest BCUT2D eigenvalue weighted by Crippen LogP contribution is -2.32. The number of methoxy groups -OCH3 is 2. The third kappa shape index (κ3) is 7.41. The van der Waals surface area contributed by atoms with E-state index in [2.05, 4.69) is 10.3 Å². The zero-order chi connectivity index (χ0) is 14.1. The lowest BCUT2D eigenvalue weighted by atomic mass is 10.2. The lowest BCUT2D eigenvalue weighted by Gasteiger charge is -2.15. The average Bonchev–Trinajstić information content (AvgIpc) is 2.45. The van der Waals surface area contributed by atoms with Crippen LogP contribution in [0.5, 0.6) is 0 Å². The first-order chi connectivity index (χ1) is 9.19. The van der Waals surface area contributed by atoms with E-state index in [4.69, 9.17) is 9.47 Å². The minimum Gasteiger partial charge on any atom is -0.360 e. The van der Waals surface area contributed by atoms with Gasteiger partial charge in [0.2, 0.25) is 0 Å². The van der Waals surface area contributed by atoms with Crippen LogP contribution in [-0.2, 0) is 16.0 Å². The Balaban J connectivity index is 0.00000361. The van der Waals surface area contributed by atoms with Crippen molar-refractivity contribution < 1.29 is 13.9 Å². The molecule has 0 aliphatic carbocycles. The van der Waals surface area contributed by atoms with E-state index >= 15 is 0 Å². The molecule has 0 atom stereocenters. The number of hydrogen-bond acceptors (Lipinski definition) is 4. The normalized spacial score (nSPS) is 11.3. The largest absolute Gasteiger partial charge is 0.360 e. The van der Waals surface area contributed by atoms with Crippen molar-refractivity contribution in [1.82, 2.24) is 5.32 Å². The first kappa shape index (κ1) is 19.6. The van der Waals surface area contributed by atoms with Gasteiger partial charge < -0.3 is 14.8 Å². The Bertz CT molecular complexity index is 400. The zero-order valence-corrected chi connectivity index (χ0v) is 14.9. The van der Waals surface area contributed by atoms with Crippen LogP contribution in [0.2, 0.25) is 0 Å². The van der Waals surface area contributed by atoms with Gasteiger partial charge in [0.15, 0.2) is 11.5 Å². The van der Waals surface area contributed by atoms with E-state index < -0.39 is 0 Å². The summed E-state index contributed by atoms with van der Waals surface area (Å²) >= 11 is 1.51. The maximum Gasteiger partial charge on any atom is 0.174 e. The van der Waals surface area contributed by atoms with Crippen LogP contribution >= 0.6 is 35.7 Å². The van der Waals surface area contributed by atoms with Gasteiger partial charge >= 0.3 is 0 Å². The van der Waals surface area contributed by atoms with Crippen molar-refractivity contribution >= 4 is 40.9 Å². The summed E-state index contributed by atoms with van der Waals surface area (Å²) in [5, 5.41) is 3.94. The van der Waals surface area contributed by atoms with Crippen LogP contribution in [0.4, 0.5) is 4.39 Å². The Hall–Kier alpha value is -0.380. The van der Waals surface area contributed by atoms with E-state index in [1.807, 2.05) is 6.26 Å². The van der Waals surface area contributed by atoms with E-state index in [1.54, 1.807) is 26.4 Å². The van der Waals surface area contributed by atoms with Gasteiger partial charge in [-0.1, -0.05) is 23.9 Å². The summed E-state index contributed by atoms with van der Waals surface area (Å²) in [4.78, 5) is 4.42. The second-order valence-corrected chi connectivity index (χ2v) is 4.53. The fourth-order valence-corrected chi connectivity index (χ4v) is 1.80. The molecule has 1 aromatic rings. The molecule has 1 N–H and O–H groups in total. The van der Waals surface area contributed by atoms with E-state index in [9.17, 15) is 4.39 Å². The molecule has 0 unspecified atom stereocenters. The molecule has 4 nitrogen and oxygen atoms in total. The second-order valence-electron chi connectivity index (χ2n) is 3.73. The van der Waals surface area contributed by atoms with Crippen molar-refractivity contribution in [2.75, 3.05) is 27.0 Å². The SMILES string of the molecule is COC(CNC(=NCc1ccc(F)cc1)SC)OC.I. The van der Waals surface area contributed by atoms with Gasteiger partial charge in [-0.3, -0.25) is 4.99 Å². The Kier molecular flexibility index (Phi) is 11.1. The summed E-state index contributed by atoms with van der Waals surface area (Å²) in [7, 11) is 3.18. The lowest BCUT2D eigenvalue weighted by molar-refractivity contribution is -0.0964. The monoisotopic (exact) mass is 414 g/mol. The predicted octanol–water partition coefficient (Wildman–Crippen LogP) is 2.87. The quantitative estimate of drug-likeness (QED) is 0.337. The Morgan fingerprint density at radius 3 is 2.40 bits per heavy atom. The van der Waals surface area contributed by atoms with Crippen molar-refractivity contribution in [2.24, 2.45) is 4.99 Å². The smallest absolute Gasteiger partial charge is 0.174 e. The maximum atomic E-state index is 12.8. The highest BCUT2D eigenvalue weighted by atomic mass is 127. The van der Waals surface area contributed by atoms with Crippen LogP contribution < -0.4 is 5.32 Å². The summed E-state index contributed by atoms with van der Waals surface area (Å²) in [5.41, 5.74) is 0.963. The Morgan fingerprint density at radius 2 is 1.90 bits per heavy atom. The van der Waals surface area contributed by atoms with Gasteiger partial charge in [0.25, 0.3) is 0 Å². The summed E-state index contributed by atoms with van der Waals surface area (Å²) in [6.07, 6.45) is 1.63. The van der Waals surface area contributed by atoms with E-state index in [0.717, 1.165) is 10.7 Å². The van der Waals surface area contributed by atoms with Crippen LogP contribution in [0.3, 0.4) is 0 Å². The molecule has 0 fully saturated rings. The number of amidine groups is 1. The highest BCUT2D eigenvalue weighted by Gasteiger charge is 2.05. The molecule has 0 aliphatic rings. The third-order valence-corrected chi connectivity index (χ3v) is 3.12. The number of benzene rings is 1. The molecule has 0 aromatic heterocycles. The Labute approximate surface area is 140 Å². The number of nitrogens with one attached hydrogen (secondary N) is 1.